The van der Waals surface area contributed by atoms with Crippen LogP contribution in [0.4, 0.5) is 0 Å². The molecule has 66 valence electrons. The third kappa shape index (κ3) is 1.24. The molecule has 0 amide bonds. The van der Waals surface area contributed by atoms with Gasteiger partial charge < -0.3 is 4.42 Å². The summed E-state index contributed by atoms with van der Waals surface area (Å²) in [5, 5.41) is 4.05. The summed E-state index contributed by atoms with van der Waals surface area (Å²) in [6.07, 6.45) is 5.30. The second kappa shape index (κ2) is 2.85. The molecule has 0 spiro atoms. The van der Waals surface area contributed by atoms with E-state index in [1.165, 1.54) is 12.5 Å². The van der Waals surface area contributed by atoms with Crippen molar-refractivity contribution in [2.45, 2.75) is 0 Å². The zero-order valence-electron chi connectivity index (χ0n) is 6.97. The standard InChI is InChI=1S/C8H7N3O2/c1-11-4-6(5-12)7(10-11)8-9-2-3-13-8/h2-5H,1H3. The van der Waals surface area contributed by atoms with E-state index in [9.17, 15) is 4.79 Å². The van der Waals surface area contributed by atoms with Crippen LogP contribution in [0.3, 0.4) is 0 Å². The van der Waals surface area contributed by atoms with Gasteiger partial charge in [0.05, 0.1) is 11.8 Å². The molecule has 0 atom stereocenters. The summed E-state index contributed by atoms with van der Waals surface area (Å²) in [7, 11) is 1.74. The number of rotatable bonds is 2. The zero-order valence-corrected chi connectivity index (χ0v) is 6.97. The first kappa shape index (κ1) is 7.72. The second-order valence-electron chi connectivity index (χ2n) is 2.56. The van der Waals surface area contributed by atoms with Gasteiger partial charge in [0.1, 0.15) is 6.26 Å². The average Bonchev–Trinajstić information content (AvgIpc) is 2.71. The van der Waals surface area contributed by atoms with Crippen molar-refractivity contribution in [1.29, 1.82) is 0 Å². The topological polar surface area (TPSA) is 60.9 Å². The van der Waals surface area contributed by atoms with Crippen molar-refractivity contribution >= 4 is 6.29 Å². The number of aryl methyl sites for hydroxylation is 1. The number of hydrogen-bond donors (Lipinski definition) is 0. The number of nitrogens with zero attached hydrogens (tertiary/aromatic N) is 3. The summed E-state index contributed by atoms with van der Waals surface area (Å²) in [6.45, 7) is 0. The van der Waals surface area contributed by atoms with Gasteiger partial charge in [0.15, 0.2) is 12.0 Å². The van der Waals surface area contributed by atoms with Gasteiger partial charge in [-0.2, -0.15) is 5.10 Å². The molecule has 0 radical (unpaired) electrons. The summed E-state index contributed by atoms with van der Waals surface area (Å²) in [5.74, 6) is 0.364. The number of carbonyl (C=O) groups is 1. The van der Waals surface area contributed by atoms with Crippen LogP contribution in [0.5, 0.6) is 0 Å². The lowest BCUT2D eigenvalue weighted by Crippen LogP contribution is -1.87. The maximum atomic E-state index is 10.6. The molecule has 0 fully saturated rings. The Bertz CT molecular complexity index is 417. The predicted molar refractivity (Wildman–Crippen MR) is 44.1 cm³/mol. The molecular weight excluding hydrogens is 170 g/mol. The first-order valence-corrected chi connectivity index (χ1v) is 3.70. The van der Waals surface area contributed by atoms with E-state index in [1.54, 1.807) is 17.9 Å². The lowest BCUT2D eigenvalue weighted by atomic mass is 10.3. The van der Waals surface area contributed by atoms with Crippen LogP contribution in [0.25, 0.3) is 11.6 Å². The monoisotopic (exact) mass is 177 g/mol. The molecule has 2 aromatic rings. The summed E-state index contributed by atoms with van der Waals surface area (Å²) in [5.41, 5.74) is 0.951. The van der Waals surface area contributed by atoms with E-state index in [0.29, 0.717) is 17.1 Å². The van der Waals surface area contributed by atoms with E-state index >= 15 is 0 Å². The van der Waals surface area contributed by atoms with Crippen molar-refractivity contribution in [1.82, 2.24) is 14.8 Å². The Morgan fingerprint density at radius 3 is 3.08 bits per heavy atom. The molecule has 2 rings (SSSR count). The molecule has 0 aliphatic carbocycles. The molecule has 2 aromatic heterocycles. The lowest BCUT2D eigenvalue weighted by Gasteiger charge is -1.87. The fourth-order valence-corrected chi connectivity index (χ4v) is 1.10. The highest BCUT2D eigenvalue weighted by molar-refractivity contribution is 5.83. The van der Waals surface area contributed by atoms with Gasteiger partial charge >= 0.3 is 0 Å². The molecule has 0 N–H and O–H groups in total. The minimum absolute atomic E-state index is 0.364. The van der Waals surface area contributed by atoms with Crippen LogP contribution < -0.4 is 0 Å². The maximum Gasteiger partial charge on any atom is 0.247 e. The third-order valence-electron chi connectivity index (χ3n) is 1.62. The molecule has 0 saturated heterocycles. The molecule has 5 nitrogen and oxygen atoms in total. The van der Waals surface area contributed by atoms with Gasteiger partial charge in [-0.05, 0) is 0 Å². The molecule has 0 bridgehead atoms. The Morgan fingerprint density at radius 1 is 1.62 bits per heavy atom. The van der Waals surface area contributed by atoms with E-state index in [4.69, 9.17) is 4.42 Å². The van der Waals surface area contributed by atoms with Crippen molar-refractivity contribution < 1.29 is 9.21 Å². The largest absolute Gasteiger partial charge is 0.443 e. The van der Waals surface area contributed by atoms with E-state index in [-0.39, 0.29) is 0 Å². The fourth-order valence-electron chi connectivity index (χ4n) is 1.10. The number of aldehydes is 1. The number of oxazole rings is 1. The normalized spacial score (nSPS) is 10.2. The molecule has 0 aromatic carbocycles. The minimum atomic E-state index is 0.364. The Labute approximate surface area is 74.0 Å². The molecule has 0 aliphatic heterocycles. The molecule has 5 heteroatoms. The number of hydrogen-bond acceptors (Lipinski definition) is 4. The van der Waals surface area contributed by atoms with Crippen LogP contribution in [-0.4, -0.2) is 21.1 Å². The quantitative estimate of drug-likeness (QED) is 0.639. The van der Waals surface area contributed by atoms with E-state index in [2.05, 4.69) is 10.1 Å². The van der Waals surface area contributed by atoms with Gasteiger partial charge in [-0.25, -0.2) is 4.98 Å². The van der Waals surface area contributed by atoms with Crippen molar-refractivity contribution in [2.75, 3.05) is 0 Å². The van der Waals surface area contributed by atoms with Crippen LogP contribution in [0.15, 0.2) is 23.1 Å². The van der Waals surface area contributed by atoms with E-state index in [1.807, 2.05) is 0 Å². The predicted octanol–water partition coefficient (Wildman–Crippen LogP) is 0.888. The highest BCUT2D eigenvalue weighted by atomic mass is 16.3. The van der Waals surface area contributed by atoms with Crippen molar-refractivity contribution in [2.24, 2.45) is 7.05 Å². The van der Waals surface area contributed by atoms with Gasteiger partial charge in [-0.15, -0.1) is 0 Å². The lowest BCUT2D eigenvalue weighted by molar-refractivity contribution is 0.112. The van der Waals surface area contributed by atoms with Crippen LogP contribution in [-0.2, 0) is 7.05 Å². The Morgan fingerprint density at radius 2 is 2.46 bits per heavy atom. The molecule has 2 heterocycles. The van der Waals surface area contributed by atoms with E-state index < -0.39 is 0 Å². The highest BCUT2D eigenvalue weighted by Crippen LogP contribution is 2.17. The maximum absolute atomic E-state index is 10.6. The molecule has 13 heavy (non-hydrogen) atoms. The number of aromatic nitrogens is 3. The second-order valence-corrected chi connectivity index (χ2v) is 2.56. The third-order valence-corrected chi connectivity index (χ3v) is 1.62. The Kier molecular flexibility index (Phi) is 1.70. The van der Waals surface area contributed by atoms with E-state index in [0.717, 1.165) is 6.29 Å². The molecular formula is C8H7N3O2. The summed E-state index contributed by atoms with van der Waals surface area (Å²) >= 11 is 0. The summed E-state index contributed by atoms with van der Waals surface area (Å²) in [6, 6.07) is 0. The van der Waals surface area contributed by atoms with Crippen LogP contribution in [0.2, 0.25) is 0 Å². The first-order valence-electron chi connectivity index (χ1n) is 3.70. The average molecular weight is 177 g/mol. The minimum Gasteiger partial charge on any atom is -0.443 e. The van der Waals surface area contributed by atoms with Crippen LogP contribution in [0.1, 0.15) is 10.4 Å². The van der Waals surface area contributed by atoms with Gasteiger partial charge in [-0.1, -0.05) is 0 Å². The molecule has 0 saturated carbocycles. The zero-order chi connectivity index (χ0) is 9.26. The van der Waals surface area contributed by atoms with Crippen LogP contribution >= 0.6 is 0 Å². The first-order chi connectivity index (χ1) is 6.31. The Hall–Kier alpha value is -1.91. The smallest absolute Gasteiger partial charge is 0.247 e. The summed E-state index contributed by atoms with van der Waals surface area (Å²) < 4.78 is 6.57. The van der Waals surface area contributed by atoms with Crippen molar-refractivity contribution in [3.05, 3.63) is 24.2 Å². The van der Waals surface area contributed by atoms with Gasteiger partial charge in [0.2, 0.25) is 5.89 Å². The van der Waals surface area contributed by atoms with Crippen molar-refractivity contribution in [3.63, 3.8) is 0 Å². The van der Waals surface area contributed by atoms with Crippen LogP contribution in [0, 0.1) is 0 Å². The Balaban J connectivity index is 2.56. The number of carbonyl (C=O) groups excluding carboxylic acids is 1. The fraction of sp³-hybridized carbons (Fsp3) is 0.125. The molecule has 0 unspecified atom stereocenters. The summed E-state index contributed by atoms with van der Waals surface area (Å²) in [4.78, 5) is 14.5. The highest BCUT2D eigenvalue weighted by Gasteiger charge is 2.12. The SMILES string of the molecule is Cn1cc(C=O)c(-c2ncco2)n1. The van der Waals surface area contributed by atoms with Gasteiger partial charge in [0.25, 0.3) is 0 Å². The van der Waals surface area contributed by atoms with Crippen molar-refractivity contribution in [3.8, 4) is 11.6 Å². The molecule has 0 aliphatic rings. The van der Waals surface area contributed by atoms with Gasteiger partial charge in [-0.3, -0.25) is 9.48 Å². The van der Waals surface area contributed by atoms with Gasteiger partial charge in [0, 0.05) is 13.2 Å².